The van der Waals surface area contributed by atoms with Crippen LogP contribution in [0.1, 0.15) is 47.1 Å². The number of aryl methyl sites for hydroxylation is 1. The summed E-state index contributed by atoms with van der Waals surface area (Å²) in [5.74, 6) is -0.593. The Hall–Kier alpha value is -2.33. The molecule has 2 amide bonds. The molecule has 0 bridgehead atoms. The Morgan fingerprint density at radius 1 is 0.958 bits per heavy atom. The summed E-state index contributed by atoms with van der Waals surface area (Å²) in [6.45, 7) is 7.61. The van der Waals surface area contributed by atoms with E-state index >= 15 is 0 Å². The molecular formula is C19H21ClN2O2. The lowest BCUT2D eigenvalue weighted by Gasteiger charge is -2.21. The number of carbonyl (C=O) groups is 2. The molecular weight excluding hydrogens is 324 g/mol. The van der Waals surface area contributed by atoms with E-state index in [1.54, 1.807) is 36.4 Å². The summed E-state index contributed by atoms with van der Waals surface area (Å²) in [6.07, 6.45) is 0. The van der Waals surface area contributed by atoms with Crippen LogP contribution in [0.15, 0.2) is 42.5 Å². The second-order valence-corrected chi connectivity index (χ2v) is 7.09. The van der Waals surface area contributed by atoms with Crippen molar-refractivity contribution in [2.24, 2.45) is 0 Å². The summed E-state index contributed by atoms with van der Waals surface area (Å²) >= 11 is 6.14. The van der Waals surface area contributed by atoms with Crippen LogP contribution in [0.3, 0.4) is 0 Å². The van der Waals surface area contributed by atoms with Gasteiger partial charge in [-0.1, -0.05) is 29.8 Å². The number of carbonyl (C=O) groups excluding carboxylic acids is 2. The Labute approximate surface area is 147 Å². The van der Waals surface area contributed by atoms with E-state index in [0.717, 1.165) is 5.56 Å². The average Bonchev–Trinajstić information content (AvgIpc) is 2.45. The number of halogens is 1. The molecule has 0 spiro atoms. The highest BCUT2D eigenvalue weighted by Crippen LogP contribution is 2.21. The normalized spacial score (nSPS) is 11.0. The second kappa shape index (κ2) is 7.05. The molecule has 0 aromatic heterocycles. The first-order chi connectivity index (χ1) is 11.2. The Balaban J connectivity index is 2.27. The van der Waals surface area contributed by atoms with Crippen molar-refractivity contribution in [2.45, 2.75) is 33.2 Å². The molecule has 2 aromatic carbocycles. The van der Waals surface area contributed by atoms with Gasteiger partial charge in [0.2, 0.25) is 0 Å². The summed E-state index contributed by atoms with van der Waals surface area (Å²) in [5.41, 5.74) is 1.83. The zero-order chi connectivity index (χ0) is 17.9. The Morgan fingerprint density at radius 2 is 1.62 bits per heavy atom. The molecule has 24 heavy (non-hydrogen) atoms. The van der Waals surface area contributed by atoms with E-state index in [1.807, 2.05) is 33.8 Å². The molecule has 0 aliphatic heterocycles. The highest BCUT2D eigenvalue weighted by Gasteiger charge is 2.19. The minimum Gasteiger partial charge on any atom is -0.347 e. The maximum atomic E-state index is 12.5. The quantitative estimate of drug-likeness (QED) is 0.865. The van der Waals surface area contributed by atoms with Crippen molar-refractivity contribution in [1.29, 1.82) is 0 Å². The number of nitrogens with one attached hydrogen (secondary N) is 2. The van der Waals surface area contributed by atoms with E-state index in [2.05, 4.69) is 10.6 Å². The van der Waals surface area contributed by atoms with Gasteiger partial charge < -0.3 is 10.6 Å². The van der Waals surface area contributed by atoms with Crippen LogP contribution < -0.4 is 10.6 Å². The van der Waals surface area contributed by atoms with Gasteiger partial charge in [-0.25, -0.2) is 0 Å². The highest BCUT2D eigenvalue weighted by molar-refractivity contribution is 6.34. The molecule has 0 saturated carbocycles. The standard InChI is InChI=1S/C19H21ClN2O2/c1-12-9-10-13(15(20)11-12)17(23)21-16-8-6-5-7-14(16)18(24)22-19(2,3)4/h5-11H,1-4H3,(H,21,23)(H,22,24). The third-order valence-corrected chi connectivity index (χ3v) is 3.59. The lowest BCUT2D eigenvalue weighted by molar-refractivity contribution is 0.0920. The molecule has 2 aromatic rings. The predicted octanol–water partition coefficient (Wildman–Crippen LogP) is 4.43. The van der Waals surface area contributed by atoms with E-state index in [-0.39, 0.29) is 17.4 Å². The minimum atomic E-state index is -0.367. The van der Waals surface area contributed by atoms with Gasteiger partial charge in [0.1, 0.15) is 0 Å². The predicted molar refractivity (Wildman–Crippen MR) is 97.8 cm³/mol. The van der Waals surface area contributed by atoms with Gasteiger partial charge in [0.25, 0.3) is 11.8 Å². The molecule has 2 rings (SSSR count). The molecule has 4 nitrogen and oxygen atoms in total. The van der Waals surface area contributed by atoms with Crippen molar-refractivity contribution in [3.63, 3.8) is 0 Å². The van der Waals surface area contributed by atoms with E-state index in [0.29, 0.717) is 21.8 Å². The zero-order valence-corrected chi connectivity index (χ0v) is 15.0. The lowest BCUT2D eigenvalue weighted by Crippen LogP contribution is -2.40. The monoisotopic (exact) mass is 344 g/mol. The van der Waals surface area contributed by atoms with Crippen LogP contribution in [0, 0.1) is 6.92 Å². The van der Waals surface area contributed by atoms with E-state index in [9.17, 15) is 9.59 Å². The lowest BCUT2D eigenvalue weighted by atomic mass is 10.1. The topological polar surface area (TPSA) is 58.2 Å². The highest BCUT2D eigenvalue weighted by atomic mass is 35.5. The molecule has 0 radical (unpaired) electrons. The minimum absolute atomic E-state index is 0.242. The maximum absolute atomic E-state index is 12.5. The van der Waals surface area contributed by atoms with Gasteiger partial charge in [-0.15, -0.1) is 0 Å². The van der Waals surface area contributed by atoms with Crippen molar-refractivity contribution >= 4 is 29.1 Å². The maximum Gasteiger partial charge on any atom is 0.257 e. The van der Waals surface area contributed by atoms with Crippen LogP contribution in [0.5, 0.6) is 0 Å². The third-order valence-electron chi connectivity index (χ3n) is 3.28. The fourth-order valence-corrected chi connectivity index (χ4v) is 2.51. The largest absolute Gasteiger partial charge is 0.347 e. The van der Waals surface area contributed by atoms with Gasteiger partial charge in [0, 0.05) is 5.54 Å². The Kier molecular flexibility index (Phi) is 5.30. The number of para-hydroxylation sites is 1. The molecule has 2 N–H and O–H groups in total. The molecule has 0 atom stereocenters. The summed E-state index contributed by atoms with van der Waals surface area (Å²) in [6, 6.07) is 12.1. The van der Waals surface area contributed by atoms with E-state index in [1.165, 1.54) is 0 Å². The molecule has 0 saturated heterocycles. The molecule has 0 aliphatic carbocycles. The number of rotatable bonds is 3. The Bertz CT molecular complexity index is 779. The van der Waals surface area contributed by atoms with Crippen LogP contribution in [-0.4, -0.2) is 17.4 Å². The smallest absolute Gasteiger partial charge is 0.257 e. The molecule has 0 aliphatic rings. The van der Waals surface area contributed by atoms with E-state index in [4.69, 9.17) is 11.6 Å². The Morgan fingerprint density at radius 3 is 2.25 bits per heavy atom. The number of benzene rings is 2. The van der Waals surface area contributed by atoms with Crippen molar-refractivity contribution in [3.05, 3.63) is 64.2 Å². The van der Waals surface area contributed by atoms with Crippen LogP contribution >= 0.6 is 11.6 Å². The van der Waals surface area contributed by atoms with Gasteiger partial charge in [-0.05, 0) is 57.5 Å². The van der Waals surface area contributed by atoms with Crippen LogP contribution in [0.4, 0.5) is 5.69 Å². The van der Waals surface area contributed by atoms with Gasteiger partial charge >= 0.3 is 0 Å². The fraction of sp³-hybridized carbons (Fsp3) is 0.263. The SMILES string of the molecule is Cc1ccc(C(=O)Nc2ccccc2C(=O)NC(C)(C)C)c(Cl)c1. The molecule has 0 fully saturated rings. The molecule has 126 valence electrons. The first-order valence-electron chi connectivity index (χ1n) is 7.66. The number of hydrogen-bond donors (Lipinski definition) is 2. The van der Waals surface area contributed by atoms with Gasteiger partial charge in [0.05, 0.1) is 21.8 Å². The van der Waals surface area contributed by atoms with Crippen molar-refractivity contribution in [3.8, 4) is 0 Å². The number of amides is 2. The number of anilines is 1. The van der Waals surface area contributed by atoms with E-state index < -0.39 is 0 Å². The summed E-state index contributed by atoms with van der Waals surface area (Å²) in [7, 11) is 0. The molecule has 0 heterocycles. The third kappa shape index (κ3) is 4.59. The van der Waals surface area contributed by atoms with Crippen molar-refractivity contribution < 1.29 is 9.59 Å². The van der Waals surface area contributed by atoms with Gasteiger partial charge in [-0.2, -0.15) is 0 Å². The molecule has 0 unspecified atom stereocenters. The summed E-state index contributed by atoms with van der Waals surface area (Å²) in [4.78, 5) is 24.9. The van der Waals surface area contributed by atoms with Crippen LogP contribution in [0.2, 0.25) is 5.02 Å². The first kappa shape index (κ1) is 18.0. The van der Waals surface area contributed by atoms with Crippen molar-refractivity contribution in [1.82, 2.24) is 5.32 Å². The van der Waals surface area contributed by atoms with Gasteiger partial charge in [0.15, 0.2) is 0 Å². The zero-order valence-electron chi connectivity index (χ0n) is 14.2. The summed E-state index contributed by atoms with van der Waals surface area (Å²) < 4.78 is 0. The van der Waals surface area contributed by atoms with Crippen LogP contribution in [0.25, 0.3) is 0 Å². The second-order valence-electron chi connectivity index (χ2n) is 6.69. The number of hydrogen-bond acceptors (Lipinski definition) is 2. The average molecular weight is 345 g/mol. The summed E-state index contributed by atoms with van der Waals surface area (Å²) in [5, 5.41) is 6.04. The fourth-order valence-electron chi connectivity index (χ4n) is 2.19. The molecule has 5 heteroatoms. The van der Waals surface area contributed by atoms with Crippen LogP contribution in [-0.2, 0) is 0 Å². The van der Waals surface area contributed by atoms with Crippen molar-refractivity contribution in [2.75, 3.05) is 5.32 Å². The first-order valence-corrected chi connectivity index (χ1v) is 8.04. The van der Waals surface area contributed by atoms with Gasteiger partial charge in [-0.3, -0.25) is 9.59 Å².